The molecule has 19 heavy (non-hydrogen) atoms. The maximum Gasteiger partial charge on any atom is 0.206 e. The van der Waals surface area contributed by atoms with Gasteiger partial charge in [-0.1, -0.05) is 0 Å². The third-order valence-corrected chi connectivity index (χ3v) is 4.08. The van der Waals surface area contributed by atoms with Crippen molar-refractivity contribution in [1.29, 1.82) is 0 Å². The van der Waals surface area contributed by atoms with Gasteiger partial charge in [-0.15, -0.1) is 0 Å². The molecule has 0 bridgehead atoms. The molecule has 0 aliphatic heterocycles. The zero-order valence-corrected chi connectivity index (χ0v) is 10.7. The molecule has 100 valence electrons. The van der Waals surface area contributed by atoms with Crippen LogP contribution in [0.15, 0.2) is 58.3 Å². The molecule has 2 aromatic carbocycles. The summed E-state index contributed by atoms with van der Waals surface area (Å²) in [5.41, 5.74) is 0. The maximum absolute atomic E-state index is 12.1. The summed E-state index contributed by atoms with van der Waals surface area (Å²) in [6.07, 6.45) is 0. The van der Waals surface area contributed by atoms with Crippen LogP contribution in [-0.2, 0) is 14.6 Å². The molecule has 0 amide bonds. The smallest absolute Gasteiger partial charge is 0.206 e. The first-order valence-corrected chi connectivity index (χ1v) is 6.60. The Morgan fingerprint density at radius 3 is 1.21 bits per heavy atom. The molecule has 0 aromatic heterocycles. The Balaban J connectivity index is 0.000000861. The molecular formula is C13H12O5S. The van der Waals surface area contributed by atoms with Gasteiger partial charge in [-0.3, -0.25) is 0 Å². The molecule has 0 fully saturated rings. The largest absolute Gasteiger partial charge is 0.508 e. The number of carbonyl (C=O) groups is 1. The maximum atomic E-state index is 12.1. The highest BCUT2D eigenvalue weighted by Crippen LogP contribution is 2.23. The fourth-order valence-electron chi connectivity index (χ4n) is 1.39. The molecule has 0 saturated carbocycles. The van der Waals surface area contributed by atoms with Crippen molar-refractivity contribution >= 4 is 16.6 Å². The Labute approximate surface area is 110 Å². The van der Waals surface area contributed by atoms with E-state index >= 15 is 0 Å². The molecular weight excluding hydrogens is 268 g/mol. The van der Waals surface area contributed by atoms with Crippen LogP contribution < -0.4 is 0 Å². The van der Waals surface area contributed by atoms with E-state index in [0.717, 1.165) is 0 Å². The van der Waals surface area contributed by atoms with Crippen LogP contribution in [0, 0.1) is 0 Å². The number of carbonyl (C=O) groups excluding carboxylic acids is 1. The Bertz CT molecular complexity index is 578. The first-order valence-electron chi connectivity index (χ1n) is 5.12. The van der Waals surface area contributed by atoms with Crippen molar-refractivity contribution in [2.45, 2.75) is 9.79 Å². The van der Waals surface area contributed by atoms with E-state index in [0.29, 0.717) is 0 Å². The number of benzene rings is 2. The molecule has 6 heteroatoms. The van der Waals surface area contributed by atoms with Gasteiger partial charge in [0.1, 0.15) is 18.3 Å². The third-order valence-electron chi connectivity index (χ3n) is 2.29. The summed E-state index contributed by atoms with van der Waals surface area (Å²) in [6, 6.07) is 10.6. The molecule has 0 radical (unpaired) electrons. The Kier molecular flexibility index (Phi) is 4.66. The number of hydrogen-bond acceptors (Lipinski definition) is 5. The average Bonchev–Trinajstić information content (AvgIpc) is 2.42. The zero-order valence-electron chi connectivity index (χ0n) is 9.85. The van der Waals surface area contributed by atoms with E-state index in [1.54, 1.807) is 0 Å². The molecule has 2 N–H and O–H groups in total. The van der Waals surface area contributed by atoms with Gasteiger partial charge in [0.25, 0.3) is 0 Å². The fraction of sp³-hybridized carbons (Fsp3) is 0. The number of rotatable bonds is 2. The quantitative estimate of drug-likeness (QED) is 0.874. The van der Waals surface area contributed by atoms with Crippen LogP contribution in [0.3, 0.4) is 0 Å². The van der Waals surface area contributed by atoms with Gasteiger partial charge in [0.15, 0.2) is 0 Å². The predicted octanol–water partition coefficient (Wildman–Crippen LogP) is 1.75. The van der Waals surface area contributed by atoms with E-state index in [-0.39, 0.29) is 21.3 Å². The summed E-state index contributed by atoms with van der Waals surface area (Å²) in [5.74, 6) is 0.0179. The van der Waals surface area contributed by atoms with E-state index in [1.165, 1.54) is 48.5 Å². The average molecular weight is 280 g/mol. The van der Waals surface area contributed by atoms with Gasteiger partial charge in [-0.05, 0) is 48.5 Å². The molecule has 0 aliphatic rings. The van der Waals surface area contributed by atoms with E-state index in [1.807, 2.05) is 6.79 Å². The summed E-state index contributed by atoms with van der Waals surface area (Å²) >= 11 is 0. The van der Waals surface area contributed by atoms with Crippen molar-refractivity contribution in [3.8, 4) is 11.5 Å². The molecule has 0 heterocycles. The van der Waals surface area contributed by atoms with Crippen LogP contribution in [0.4, 0.5) is 0 Å². The van der Waals surface area contributed by atoms with Crippen molar-refractivity contribution in [3.05, 3.63) is 48.5 Å². The molecule has 5 nitrogen and oxygen atoms in total. The minimum absolute atomic E-state index is 0.00894. The van der Waals surface area contributed by atoms with Gasteiger partial charge >= 0.3 is 0 Å². The van der Waals surface area contributed by atoms with Crippen LogP contribution in [0.25, 0.3) is 0 Å². The number of phenolic OH excluding ortho intramolecular Hbond substituents is 2. The molecule has 2 rings (SSSR count). The Hall–Kier alpha value is -2.34. The molecule has 0 saturated heterocycles. The Morgan fingerprint density at radius 1 is 0.684 bits per heavy atom. The summed E-state index contributed by atoms with van der Waals surface area (Å²) in [4.78, 5) is 8.20. The van der Waals surface area contributed by atoms with Crippen molar-refractivity contribution in [2.75, 3.05) is 0 Å². The van der Waals surface area contributed by atoms with Crippen LogP contribution in [-0.4, -0.2) is 25.4 Å². The van der Waals surface area contributed by atoms with E-state index in [9.17, 15) is 8.42 Å². The number of phenols is 2. The van der Waals surface area contributed by atoms with Gasteiger partial charge in [0.2, 0.25) is 9.84 Å². The van der Waals surface area contributed by atoms with Crippen LogP contribution in [0.1, 0.15) is 0 Å². The Morgan fingerprint density at radius 2 is 0.947 bits per heavy atom. The normalized spacial score (nSPS) is 10.3. The molecule has 0 spiro atoms. The summed E-state index contributed by atoms with van der Waals surface area (Å²) in [5, 5.41) is 18.2. The van der Waals surface area contributed by atoms with Crippen LogP contribution in [0.2, 0.25) is 0 Å². The first-order chi connectivity index (χ1) is 9.00. The standard InChI is InChI=1S/C12H10O4S.CH2O/c13-9-1-5-11(6-2-9)17(15,16)12-7-3-10(14)4-8-12;1-2/h1-8,13-14H;1H2. The fourth-order valence-corrected chi connectivity index (χ4v) is 2.65. The van der Waals surface area contributed by atoms with Gasteiger partial charge in [-0.25, -0.2) is 8.42 Å². The molecule has 0 aliphatic carbocycles. The van der Waals surface area contributed by atoms with E-state index in [2.05, 4.69) is 0 Å². The van der Waals surface area contributed by atoms with Crippen molar-refractivity contribution in [3.63, 3.8) is 0 Å². The lowest BCUT2D eigenvalue weighted by atomic mass is 10.3. The highest BCUT2D eigenvalue weighted by Gasteiger charge is 2.17. The highest BCUT2D eigenvalue weighted by molar-refractivity contribution is 7.91. The van der Waals surface area contributed by atoms with Crippen LogP contribution >= 0.6 is 0 Å². The summed E-state index contributed by atoms with van der Waals surface area (Å²) in [7, 11) is -3.59. The molecule has 0 atom stereocenters. The second kappa shape index (κ2) is 6.01. The van der Waals surface area contributed by atoms with E-state index < -0.39 is 9.84 Å². The molecule has 2 aromatic rings. The van der Waals surface area contributed by atoms with Gasteiger partial charge in [0, 0.05) is 0 Å². The summed E-state index contributed by atoms with van der Waals surface area (Å²) in [6.45, 7) is 2.00. The number of aromatic hydroxyl groups is 2. The van der Waals surface area contributed by atoms with Crippen molar-refractivity contribution in [2.24, 2.45) is 0 Å². The third kappa shape index (κ3) is 3.32. The van der Waals surface area contributed by atoms with Gasteiger partial charge in [-0.2, -0.15) is 0 Å². The van der Waals surface area contributed by atoms with Crippen molar-refractivity contribution in [1.82, 2.24) is 0 Å². The van der Waals surface area contributed by atoms with Crippen LogP contribution in [0.5, 0.6) is 11.5 Å². The first kappa shape index (κ1) is 14.7. The summed E-state index contributed by atoms with van der Waals surface area (Å²) < 4.78 is 24.2. The highest BCUT2D eigenvalue weighted by atomic mass is 32.2. The van der Waals surface area contributed by atoms with Gasteiger partial charge < -0.3 is 15.0 Å². The van der Waals surface area contributed by atoms with E-state index in [4.69, 9.17) is 15.0 Å². The second-order valence-corrected chi connectivity index (χ2v) is 5.44. The second-order valence-electron chi connectivity index (χ2n) is 3.49. The molecule has 0 unspecified atom stereocenters. The lowest BCUT2D eigenvalue weighted by molar-refractivity contribution is -0.0979. The van der Waals surface area contributed by atoms with Crippen molar-refractivity contribution < 1.29 is 23.4 Å². The number of hydrogen-bond donors (Lipinski definition) is 2. The van der Waals surface area contributed by atoms with Gasteiger partial charge in [0.05, 0.1) is 9.79 Å². The SMILES string of the molecule is C=O.O=S(=O)(c1ccc(O)cc1)c1ccc(O)cc1. The predicted molar refractivity (Wildman–Crippen MR) is 68.8 cm³/mol. The zero-order chi connectivity index (χ0) is 14.5. The lowest BCUT2D eigenvalue weighted by Crippen LogP contribution is -2.01. The lowest BCUT2D eigenvalue weighted by Gasteiger charge is -2.04. The number of sulfone groups is 1. The minimum atomic E-state index is -3.59. The minimum Gasteiger partial charge on any atom is -0.508 e. The topological polar surface area (TPSA) is 91.7 Å². The monoisotopic (exact) mass is 280 g/mol.